The minimum atomic E-state index is -0.425. The van der Waals surface area contributed by atoms with Crippen LogP contribution in [0.3, 0.4) is 0 Å². The first kappa shape index (κ1) is 14.8. The second-order valence-corrected chi connectivity index (χ2v) is 5.87. The predicted molar refractivity (Wildman–Crippen MR) is 82.6 cm³/mol. The van der Waals surface area contributed by atoms with Crippen LogP contribution in [0, 0.1) is 0 Å². The molecule has 5 heteroatoms. The van der Waals surface area contributed by atoms with Crippen LogP contribution in [0.5, 0.6) is 0 Å². The molecule has 2 atom stereocenters. The smallest absolute Gasteiger partial charge is 0.225 e. The largest absolute Gasteiger partial charge is 0.391 e. The van der Waals surface area contributed by atoms with Gasteiger partial charge < -0.3 is 14.9 Å². The summed E-state index contributed by atoms with van der Waals surface area (Å²) in [5, 5.41) is 9.58. The lowest BCUT2D eigenvalue weighted by molar-refractivity contribution is -0.134. The van der Waals surface area contributed by atoms with Gasteiger partial charge in [0.1, 0.15) is 0 Å². The van der Waals surface area contributed by atoms with Crippen molar-refractivity contribution < 1.29 is 14.7 Å². The van der Waals surface area contributed by atoms with Crippen molar-refractivity contribution in [1.82, 2.24) is 9.80 Å². The van der Waals surface area contributed by atoms with E-state index in [1.54, 1.807) is 16.0 Å². The van der Waals surface area contributed by atoms with Crippen LogP contribution in [0.2, 0.25) is 0 Å². The zero-order valence-corrected chi connectivity index (χ0v) is 12.6. The summed E-state index contributed by atoms with van der Waals surface area (Å²) < 4.78 is 0. The molecule has 2 amide bonds. The molecule has 2 heterocycles. The van der Waals surface area contributed by atoms with Gasteiger partial charge in [-0.1, -0.05) is 24.3 Å². The van der Waals surface area contributed by atoms with E-state index < -0.39 is 6.10 Å². The maximum absolute atomic E-state index is 12.5. The number of carbonyl (C=O) groups is 2. The zero-order valence-electron chi connectivity index (χ0n) is 12.6. The maximum atomic E-state index is 12.5. The van der Waals surface area contributed by atoms with Gasteiger partial charge in [0.05, 0.1) is 18.6 Å². The third-order valence-corrected chi connectivity index (χ3v) is 4.35. The molecule has 3 rings (SSSR count). The summed E-state index contributed by atoms with van der Waals surface area (Å²) in [4.78, 5) is 27.7. The second kappa shape index (κ2) is 5.93. The van der Waals surface area contributed by atoms with Crippen LogP contribution in [0.1, 0.15) is 36.9 Å². The molecular weight excluding hydrogens is 280 g/mol. The number of aliphatic hydroxyl groups is 1. The van der Waals surface area contributed by atoms with Gasteiger partial charge in [-0.3, -0.25) is 9.59 Å². The van der Waals surface area contributed by atoms with E-state index in [1.807, 2.05) is 30.3 Å². The summed E-state index contributed by atoms with van der Waals surface area (Å²) in [7, 11) is 0. The van der Waals surface area contributed by atoms with Gasteiger partial charge in [-0.25, -0.2) is 0 Å². The van der Waals surface area contributed by atoms with Crippen LogP contribution in [0.25, 0.3) is 6.08 Å². The fraction of sp³-hybridized carbons (Fsp3) is 0.412. The van der Waals surface area contributed by atoms with Crippen LogP contribution in [0.4, 0.5) is 0 Å². The molecule has 1 unspecified atom stereocenters. The molecule has 0 saturated carbocycles. The molecule has 1 saturated heterocycles. The van der Waals surface area contributed by atoms with Crippen molar-refractivity contribution >= 4 is 17.9 Å². The van der Waals surface area contributed by atoms with E-state index in [0.29, 0.717) is 19.5 Å². The quantitative estimate of drug-likeness (QED) is 0.901. The lowest BCUT2D eigenvalue weighted by Gasteiger charge is -2.33. The molecule has 0 bridgehead atoms. The molecule has 0 radical (unpaired) electrons. The fourth-order valence-electron chi connectivity index (χ4n) is 3.18. The van der Waals surface area contributed by atoms with Crippen molar-refractivity contribution in [2.75, 3.05) is 13.1 Å². The van der Waals surface area contributed by atoms with Crippen molar-refractivity contribution in [1.29, 1.82) is 0 Å². The number of β-amino-alcohol motifs (C(OH)–C–C–N with tert-alkyl or cyclic N) is 1. The van der Waals surface area contributed by atoms with Crippen LogP contribution in [0.15, 0.2) is 30.5 Å². The van der Waals surface area contributed by atoms with Crippen LogP contribution in [-0.4, -0.2) is 45.9 Å². The number of nitrogens with zero attached hydrogens (tertiary/aromatic N) is 2. The van der Waals surface area contributed by atoms with Gasteiger partial charge in [-0.2, -0.15) is 0 Å². The van der Waals surface area contributed by atoms with E-state index in [0.717, 1.165) is 11.1 Å². The van der Waals surface area contributed by atoms with Gasteiger partial charge in [0, 0.05) is 26.2 Å². The topological polar surface area (TPSA) is 60.9 Å². The third kappa shape index (κ3) is 2.76. The monoisotopic (exact) mass is 300 g/mol. The Morgan fingerprint density at radius 1 is 1.32 bits per heavy atom. The third-order valence-electron chi connectivity index (χ3n) is 4.35. The molecule has 5 nitrogen and oxygen atoms in total. The Balaban J connectivity index is 1.84. The van der Waals surface area contributed by atoms with Gasteiger partial charge in [0.15, 0.2) is 0 Å². The molecule has 1 aromatic carbocycles. The highest BCUT2D eigenvalue weighted by atomic mass is 16.3. The van der Waals surface area contributed by atoms with E-state index in [-0.39, 0.29) is 24.3 Å². The molecule has 22 heavy (non-hydrogen) atoms. The molecule has 1 fully saturated rings. The summed E-state index contributed by atoms with van der Waals surface area (Å²) in [6.07, 6.45) is 4.10. The number of hydrogen-bond acceptors (Lipinski definition) is 3. The average molecular weight is 300 g/mol. The molecule has 0 spiro atoms. The summed E-state index contributed by atoms with van der Waals surface area (Å²) in [6.45, 7) is 2.49. The molecule has 1 N–H and O–H groups in total. The van der Waals surface area contributed by atoms with Gasteiger partial charge in [-0.05, 0) is 23.6 Å². The van der Waals surface area contributed by atoms with E-state index in [9.17, 15) is 14.7 Å². The fourth-order valence-corrected chi connectivity index (χ4v) is 3.18. The van der Waals surface area contributed by atoms with Crippen molar-refractivity contribution in [3.05, 3.63) is 41.6 Å². The van der Waals surface area contributed by atoms with E-state index in [2.05, 4.69) is 0 Å². The van der Waals surface area contributed by atoms with E-state index >= 15 is 0 Å². The second-order valence-electron chi connectivity index (χ2n) is 5.87. The van der Waals surface area contributed by atoms with Gasteiger partial charge >= 0.3 is 0 Å². The zero-order chi connectivity index (χ0) is 15.7. The summed E-state index contributed by atoms with van der Waals surface area (Å²) in [5.41, 5.74) is 2.03. The van der Waals surface area contributed by atoms with Gasteiger partial charge in [-0.15, -0.1) is 0 Å². The maximum Gasteiger partial charge on any atom is 0.225 e. The van der Waals surface area contributed by atoms with Crippen molar-refractivity contribution in [2.45, 2.75) is 31.9 Å². The average Bonchev–Trinajstić information content (AvgIpc) is 2.94. The lowest BCUT2D eigenvalue weighted by Crippen LogP contribution is -2.37. The molecule has 2 aliphatic heterocycles. The van der Waals surface area contributed by atoms with Crippen molar-refractivity contribution in [3.8, 4) is 0 Å². The number of carbonyl (C=O) groups excluding carboxylic acids is 2. The first-order chi connectivity index (χ1) is 10.6. The van der Waals surface area contributed by atoms with E-state index in [4.69, 9.17) is 0 Å². The molecule has 1 aromatic rings. The Bertz CT molecular complexity index is 626. The summed E-state index contributed by atoms with van der Waals surface area (Å²) in [5.74, 6) is -0.0945. The highest BCUT2D eigenvalue weighted by Gasteiger charge is 2.32. The first-order valence-electron chi connectivity index (χ1n) is 7.58. The number of rotatable bonds is 2. The lowest BCUT2D eigenvalue weighted by atomic mass is 9.93. The number of hydrogen-bond donors (Lipinski definition) is 1. The Hall–Kier alpha value is -2.14. The molecular formula is C17H20N2O3. The Labute approximate surface area is 129 Å². The van der Waals surface area contributed by atoms with E-state index in [1.165, 1.54) is 6.92 Å². The summed E-state index contributed by atoms with van der Waals surface area (Å²) >= 11 is 0. The van der Waals surface area contributed by atoms with Crippen molar-refractivity contribution in [3.63, 3.8) is 0 Å². The minimum absolute atomic E-state index is 0.0158. The van der Waals surface area contributed by atoms with Gasteiger partial charge in [0.25, 0.3) is 0 Å². The number of benzene rings is 1. The first-order valence-corrected chi connectivity index (χ1v) is 7.58. The highest BCUT2D eigenvalue weighted by molar-refractivity contribution is 5.82. The highest BCUT2D eigenvalue weighted by Crippen LogP contribution is 2.33. The number of fused-ring (bicyclic) bond motifs is 1. The van der Waals surface area contributed by atoms with Crippen LogP contribution < -0.4 is 0 Å². The molecule has 0 aromatic heterocycles. The number of amides is 2. The normalized spacial score (nSPS) is 23.5. The number of likely N-dealkylation sites (tertiary alicyclic amines) is 1. The standard InChI is InChI=1S/C17H20N2O3/c1-12(20)19-9-6-13-4-2-3-5-15(13)16(19)10-17(22)18-8-7-14(21)11-18/h2-6,9,14,16,21H,7-8,10-11H2,1H3/t14-,16?/m0/s1. The molecule has 0 aliphatic carbocycles. The SMILES string of the molecule is CC(=O)N1C=Cc2ccccc2C1CC(=O)N1CC[C@H](O)C1. The summed E-state index contributed by atoms with van der Waals surface area (Å²) in [6, 6.07) is 7.55. The van der Waals surface area contributed by atoms with Crippen molar-refractivity contribution in [2.24, 2.45) is 0 Å². The molecule has 2 aliphatic rings. The molecule has 116 valence electrons. The predicted octanol–water partition coefficient (Wildman–Crippen LogP) is 1.54. The van der Waals surface area contributed by atoms with Gasteiger partial charge in [0.2, 0.25) is 11.8 Å². The van der Waals surface area contributed by atoms with Crippen LogP contribution in [-0.2, 0) is 9.59 Å². The minimum Gasteiger partial charge on any atom is -0.391 e. The Morgan fingerprint density at radius 2 is 2.09 bits per heavy atom. The number of aliphatic hydroxyl groups excluding tert-OH is 1. The Morgan fingerprint density at radius 3 is 2.77 bits per heavy atom. The van der Waals surface area contributed by atoms with Crippen LogP contribution >= 0.6 is 0 Å². The Kier molecular flexibility index (Phi) is 3.98.